The summed E-state index contributed by atoms with van der Waals surface area (Å²) in [5.74, 6) is -1.75. The van der Waals surface area contributed by atoms with Crippen LogP contribution in [0.3, 0.4) is 0 Å². The maximum atomic E-state index is 12.9. The van der Waals surface area contributed by atoms with Crippen molar-refractivity contribution in [3.8, 4) is 6.07 Å². The summed E-state index contributed by atoms with van der Waals surface area (Å²) in [6.45, 7) is 1.47. The monoisotopic (exact) mass is 377 g/mol. The number of benzene rings is 2. The van der Waals surface area contributed by atoms with Crippen molar-refractivity contribution in [2.75, 3.05) is 0 Å². The Kier molecular flexibility index (Phi) is 5.41. The molecule has 1 N–H and O–H groups in total. The summed E-state index contributed by atoms with van der Waals surface area (Å²) in [5.41, 5.74) is 2.13. The van der Waals surface area contributed by atoms with Crippen molar-refractivity contribution < 1.29 is 19.5 Å². The highest BCUT2D eigenvalue weighted by Crippen LogP contribution is 2.25. The van der Waals surface area contributed by atoms with E-state index in [1.807, 2.05) is 36.4 Å². The van der Waals surface area contributed by atoms with E-state index in [0.29, 0.717) is 12.0 Å². The third-order valence-electron chi connectivity index (χ3n) is 4.80. The minimum Gasteiger partial charge on any atom is -0.480 e. The first-order valence-corrected chi connectivity index (χ1v) is 8.82. The Morgan fingerprint density at radius 3 is 2.32 bits per heavy atom. The molecule has 1 fully saturated rings. The van der Waals surface area contributed by atoms with Crippen LogP contribution in [0.15, 0.2) is 54.6 Å². The molecule has 28 heavy (non-hydrogen) atoms. The van der Waals surface area contributed by atoms with Crippen LogP contribution in [-0.2, 0) is 22.6 Å². The SMILES string of the molecule is CC(C(=O)O)N1C(=O)C(Cc2ccccc2)N(Cc2ccc(C#N)cc2)C1=O. The summed E-state index contributed by atoms with van der Waals surface area (Å²) in [7, 11) is 0. The van der Waals surface area contributed by atoms with Crippen LogP contribution in [0, 0.1) is 11.3 Å². The van der Waals surface area contributed by atoms with Gasteiger partial charge in [0.25, 0.3) is 5.91 Å². The summed E-state index contributed by atoms with van der Waals surface area (Å²) in [5, 5.41) is 18.2. The number of imide groups is 1. The number of carbonyl (C=O) groups is 3. The van der Waals surface area contributed by atoms with Gasteiger partial charge in [0.15, 0.2) is 0 Å². The Bertz CT molecular complexity index is 934. The molecule has 1 saturated heterocycles. The van der Waals surface area contributed by atoms with Crippen LogP contribution in [0.4, 0.5) is 4.79 Å². The third kappa shape index (κ3) is 3.71. The van der Waals surface area contributed by atoms with E-state index in [-0.39, 0.29) is 6.54 Å². The maximum absolute atomic E-state index is 12.9. The lowest BCUT2D eigenvalue weighted by Gasteiger charge is -2.22. The second kappa shape index (κ2) is 7.92. The smallest absolute Gasteiger partial charge is 0.328 e. The fraction of sp³-hybridized carbons (Fsp3) is 0.238. The van der Waals surface area contributed by atoms with E-state index in [1.165, 1.54) is 11.8 Å². The largest absolute Gasteiger partial charge is 0.480 e. The van der Waals surface area contributed by atoms with Gasteiger partial charge in [-0.05, 0) is 30.2 Å². The number of carboxylic acid groups (broad SMARTS) is 1. The molecule has 142 valence electrons. The molecule has 3 rings (SSSR count). The zero-order chi connectivity index (χ0) is 20.3. The van der Waals surface area contributed by atoms with E-state index in [0.717, 1.165) is 16.0 Å². The molecule has 0 bridgehead atoms. The van der Waals surface area contributed by atoms with Crippen LogP contribution in [0.2, 0.25) is 0 Å². The highest BCUT2D eigenvalue weighted by atomic mass is 16.4. The van der Waals surface area contributed by atoms with Crippen LogP contribution >= 0.6 is 0 Å². The summed E-state index contributed by atoms with van der Waals surface area (Å²) in [6.07, 6.45) is 0.296. The quantitative estimate of drug-likeness (QED) is 0.779. The van der Waals surface area contributed by atoms with Crippen molar-refractivity contribution in [2.24, 2.45) is 0 Å². The number of amides is 3. The normalized spacial score (nSPS) is 17.5. The van der Waals surface area contributed by atoms with Crippen LogP contribution in [0.1, 0.15) is 23.6 Å². The van der Waals surface area contributed by atoms with Crippen LogP contribution in [0.25, 0.3) is 0 Å². The van der Waals surface area contributed by atoms with Crippen molar-refractivity contribution in [3.63, 3.8) is 0 Å². The number of carbonyl (C=O) groups excluding carboxylic acids is 2. The molecule has 2 atom stereocenters. The number of urea groups is 1. The molecule has 0 aliphatic carbocycles. The number of nitrogens with zero attached hydrogens (tertiary/aromatic N) is 3. The molecule has 2 unspecified atom stereocenters. The number of aliphatic carboxylic acids is 1. The second-order valence-corrected chi connectivity index (χ2v) is 6.65. The molecule has 1 aliphatic heterocycles. The van der Waals surface area contributed by atoms with Crippen molar-refractivity contribution in [1.29, 1.82) is 5.26 Å². The van der Waals surface area contributed by atoms with Crippen LogP contribution in [-0.4, -0.2) is 44.9 Å². The van der Waals surface area contributed by atoms with Crippen molar-refractivity contribution in [1.82, 2.24) is 9.80 Å². The van der Waals surface area contributed by atoms with Gasteiger partial charge in [-0.2, -0.15) is 5.26 Å². The molecule has 1 aliphatic rings. The van der Waals surface area contributed by atoms with E-state index in [1.54, 1.807) is 24.3 Å². The predicted octanol–water partition coefficient (Wildman–Crippen LogP) is 2.41. The van der Waals surface area contributed by atoms with Gasteiger partial charge in [0, 0.05) is 13.0 Å². The Morgan fingerprint density at radius 1 is 1.11 bits per heavy atom. The minimum atomic E-state index is -1.25. The zero-order valence-corrected chi connectivity index (χ0v) is 15.3. The van der Waals surface area contributed by atoms with Gasteiger partial charge in [0.05, 0.1) is 11.6 Å². The summed E-state index contributed by atoms with van der Waals surface area (Å²) >= 11 is 0. The van der Waals surface area contributed by atoms with E-state index in [4.69, 9.17) is 5.26 Å². The zero-order valence-electron chi connectivity index (χ0n) is 15.3. The van der Waals surface area contributed by atoms with Gasteiger partial charge in [-0.15, -0.1) is 0 Å². The summed E-state index contributed by atoms with van der Waals surface area (Å²) < 4.78 is 0. The van der Waals surface area contributed by atoms with Crippen LogP contribution < -0.4 is 0 Å². The molecule has 0 radical (unpaired) electrons. The highest BCUT2D eigenvalue weighted by molar-refractivity contribution is 6.06. The van der Waals surface area contributed by atoms with E-state index < -0.39 is 30.0 Å². The van der Waals surface area contributed by atoms with Gasteiger partial charge in [-0.3, -0.25) is 4.79 Å². The molecular formula is C21H19N3O4. The Labute approximate surface area is 162 Å². The number of rotatable bonds is 6. The second-order valence-electron chi connectivity index (χ2n) is 6.65. The molecule has 7 heteroatoms. The molecule has 0 saturated carbocycles. The first-order chi connectivity index (χ1) is 13.4. The Morgan fingerprint density at radius 2 is 1.75 bits per heavy atom. The first kappa shape index (κ1) is 19.1. The molecule has 0 spiro atoms. The minimum absolute atomic E-state index is 0.149. The lowest BCUT2D eigenvalue weighted by Crippen LogP contribution is -2.44. The maximum Gasteiger partial charge on any atom is 0.328 e. The Balaban J connectivity index is 1.91. The fourth-order valence-electron chi connectivity index (χ4n) is 3.22. The Hall–Kier alpha value is -3.66. The standard InChI is InChI=1S/C21H19N3O4/c1-14(20(26)27)24-19(25)18(11-15-5-3-2-4-6-15)23(21(24)28)13-17-9-7-16(12-22)8-10-17/h2-10,14,18H,11,13H2,1H3,(H,26,27). The average molecular weight is 377 g/mol. The lowest BCUT2D eigenvalue weighted by molar-refractivity contribution is -0.146. The van der Waals surface area contributed by atoms with Crippen molar-refractivity contribution >= 4 is 17.9 Å². The van der Waals surface area contributed by atoms with Gasteiger partial charge >= 0.3 is 12.0 Å². The molecule has 7 nitrogen and oxygen atoms in total. The molecule has 2 aromatic carbocycles. The highest BCUT2D eigenvalue weighted by Gasteiger charge is 2.48. The van der Waals surface area contributed by atoms with Crippen molar-refractivity contribution in [3.05, 3.63) is 71.3 Å². The van der Waals surface area contributed by atoms with E-state index in [9.17, 15) is 19.5 Å². The van der Waals surface area contributed by atoms with Gasteiger partial charge in [0.2, 0.25) is 0 Å². The van der Waals surface area contributed by atoms with Crippen molar-refractivity contribution in [2.45, 2.75) is 32.0 Å². The first-order valence-electron chi connectivity index (χ1n) is 8.82. The topological polar surface area (TPSA) is 102 Å². The van der Waals surface area contributed by atoms with Gasteiger partial charge < -0.3 is 10.0 Å². The number of hydrogen-bond acceptors (Lipinski definition) is 4. The summed E-state index contributed by atoms with van der Waals surface area (Å²) in [4.78, 5) is 39.4. The number of carboxylic acids is 1. The predicted molar refractivity (Wildman–Crippen MR) is 100.0 cm³/mol. The third-order valence-corrected chi connectivity index (χ3v) is 4.80. The van der Waals surface area contributed by atoms with E-state index >= 15 is 0 Å². The van der Waals surface area contributed by atoms with Gasteiger partial charge in [0.1, 0.15) is 12.1 Å². The fourth-order valence-corrected chi connectivity index (χ4v) is 3.22. The molecular weight excluding hydrogens is 358 g/mol. The van der Waals surface area contributed by atoms with Gasteiger partial charge in [-0.25, -0.2) is 14.5 Å². The number of hydrogen-bond donors (Lipinski definition) is 1. The summed E-state index contributed by atoms with van der Waals surface area (Å²) in [6, 6.07) is 15.4. The van der Waals surface area contributed by atoms with E-state index in [2.05, 4.69) is 0 Å². The lowest BCUT2D eigenvalue weighted by atomic mass is 10.0. The molecule has 0 aromatic heterocycles. The average Bonchev–Trinajstić information content (AvgIpc) is 2.92. The molecule has 3 amide bonds. The molecule has 2 aromatic rings. The number of nitriles is 1. The van der Waals surface area contributed by atoms with Crippen LogP contribution in [0.5, 0.6) is 0 Å². The van der Waals surface area contributed by atoms with Gasteiger partial charge in [-0.1, -0.05) is 42.5 Å². The molecule has 1 heterocycles.